The Bertz CT molecular complexity index is 312. The molecule has 0 aromatic carbocycles. The van der Waals surface area contributed by atoms with Gasteiger partial charge in [0.05, 0.1) is 3.79 Å². The number of piperazine rings is 1. The highest BCUT2D eigenvalue weighted by molar-refractivity contribution is 9.11. The summed E-state index contributed by atoms with van der Waals surface area (Å²) in [5, 5.41) is 3.39. The van der Waals surface area contributed by atoms with Gasteiger partial charge in [0.1, 0.15) is 0 Å². The van der Waals surface area contributed by atoms with Crippen LogP contribution in [0.25, 0.3) is 0 Å². The molecule has 1 atom stereocenters. The largest absolute Gasteiger partial charge is 0.314 e. The molecule has 1 aliphatic rings. The van der Waals surface area contributed by atoms with Crippen molar-refractivity contribution < 1.29 is 0 Å². The van der Waals surface area contributed by atoms with E-state index in [1.165, 1.54) is 14.2 Å². The van der Waals surface area contributed by atoms with E-state index in [1.54, 1.807) is 0 Å². The van der Waals surface area contributed by atoms with Crippen molar-refractivity contribution >= 4 is 27.3 Å². The first-order chi connectivity index (χ1) is 7.18. The Morgan fingerprint density at radius 3 is 2.67 bits per heavy atom. The van der Waals surface area contributed by atoms with Gasteiger partial charge in [0.25, 0.3) is 0 Å². The van der Waals surface area contributed by atoms with Crippen LogP contribution in [-0.2, 0) is 0 Å². The van der Waals surface area contributed by atoms with Gasteiger partial charge in [-0.25, -0.2) is 0 Å². The normalized spacial score (nSPS) is 20.5. The van der Waals surface area contributed by atoms with Gasteiger partial charge in [0, 0.05) is 37.1 Å². The Morgan fingerprint density at radius 2 is 2.13 bits per heavy atom. The zero-order valence-electron chi connectivity index (χ0n) is 9.22. The smallest absolute Gasteiger partial charge is 0.0731 e. The van der Waals surface area contributed by atoms with Gasteiger partial charge in [0.15, 0.2) is 0 Å². The van der Waals surface area contributed by atoms with Crippen molar-refractivity contribution in [3.05, 3.63) is 20.3 Å². The Hall–Kier alpha value is 0.100. The van der Waals surface area contributed by atoms with Crippen LogP contribution in [0.2, 0.25) is 0 Å². The van der Waals surface area contributed by atoms with Crippen LogP contribution >= 0.6 is 27.3 Å². The molecule has 84 valence electrons. The predicted octanol–water partition coefficient (Wildman–Crippen LogP) is 2.79. The molecular formula is C11H17BrN2S. The number of hydrogen-bond donors (Lipinski definition) is 1. The van der Waals surface area contributed by atoms with Crippen LogP contribution in [-0.4, -0.2) is 31.1 Å². The lowest BCUT2D eigenvalue weighted by molar-refractivity contribution is 0.188. The highest BCUT2D eigenvalue weighted by Crippen LogP contribution is 2.33. The van der Waals surface area contributed by atoms with Gasteiger partial charge in [-0.05, 0) is 41.4 Å². The summed E-state index contributed by atoms with van der Waals surface area (Å²) in [6.45, 7) is 9.04. The molecule has 4 heteroatoms. The number of thiophene rings is 1. The Labute approximate surface area is 104 Å². The highest BCUT2D eigenvalue weighted by Gasteiger charge is 2.19. The summed E-state index contributed by atoms with van der Waals surface area (Å²) in [4.78, 5) is 4.02. The second-order valence-corrected chi connectivity index (χ2v) is 6.47. The number of halogens is 1. The molecule has 0 spiro atoms. The number of rotatable bonds is 2. The van der Waals surface area contributed by atoms with E-state index in [0.717, 1.165) is 26.2 Å². The number of hydrogen-bond acceptors (Lipinski definition) is 3. The average Bonchev–Trinajstić information content (AvgIpc) is 2.59. The number of aryl methyl sites for hydroxylation is 1. The fourth-order valence-corrected chi connectivity index (χ4v) is 3.60. The van der Waals surface area contributed by atoms with Crippen molar-refractivity contribution in [1.29, 1.82) is 0 Å². The van der Waals surface area contributed by atoms with Crippen molar-refractivity contribution in [2.75, 3.05) is 26.2 Å². The summed E-state index contributed by atoms with van der Waals surface area (Å²) < 4.78 is 1.28. The summed E-state index contributed by atoms with van der Waals surface area (Å²) in [6.07, 6.45) is 0. The quantitative estimate of drug-likeness (QED) is 0.900. The first-order valence-corrected chi connectivity index (χ1v) is 7.00. The standard InChI is InChI=1S/C11H17BrN2S/c1-8-7-10(15-11(8)12)9(2)14-5-3-13-4-6-14/h7,9,13H,3-6H2,1-2H3/t9-/m0/s1. The first-order valence-electron chi connectivity index (χ1n) is 5.39. The molecule has 2 heterocycles. The Kier molecular flexibility index (Phi) is 3.83. The van der Waals surface area contributed by atoms with Gasteiger partial charge in [0.2, 0.25) is 0 Å². The maximum absolute atomic E-state index is 3.60. The van der Waals surface area contributed by atoms with E-state index in [-0.39, 0.29) is 0 Å². The summed E-state index contributed by atoms with van der Waals surface area (Å²) in [5.41, 5.74) is 1.36. The van der Waals surface area contributed by atoms with Crippen molar-refractivity contribution in [1.82, 2.24) is 10.2 Å². The third-order valence-corrected chi connectivity index (χ3v) is 5.29. The summed E-state index contributed by atoms with van der Waals surface area (Å²) >= 11 is 5.47. The van der Waals surface area contributed by atoms with E-state index in [1.807, 2.05) is 11.3 Å². The van der Waals surface area contributed by atoms with Crippen molar-refractivity contribution in [3.63, 3.8) is 0 Å². The minimum absolute atomic E-state index is 0.558. The lowest BCUT2D eigenvalue weighted by atomic mass is 10.2. The molecule has 2 nitrogen and oxygen atoms in total. The molecule has 2 rings (SSSR count). The molecule has 1 aliphatic heterocycles. The molecule has 0 saturated carbocycles. The van der Waals surface area contributed by atoms with Gasteiger partial charge >= 0.3 is 0 Å². The van der Waals surface area contributed by atoms with Crippen LogP contribution in [0.5, 0.6) is 0 Å². The number of nitrogens with zero attached hydrogens (tertiary/aromatic N) is 1. The maximum Gasteiger partial charge on any atom is 0.0731 e. The monoisotopic (exact) mass is 288 g/mol. The van der Waals surface area contributed by atoms with Crippen LogP contribution in [0, 0.1) is 6.92 Å². The van der Waals surface area contributed by atoms with E-state index in [4.69, 9.17) is 0 Å². The third-order valence-electron chi connectivity index (χ3n) is 2.99. The van der Waals surface area contributed by atoms with Gasteiger partial charge in [-0.2, -0.15) is 0 Å². The van der Waals surface area contributed by atoms with E-state index >= 15 is 0 Å². The molecule has 1 saturated heterocycles. The average molecular weight is 289 g/mol. The zero-order chi connectivity index (χ0) is 10.8. The summed E-state index contributed by atoms with van der Waals surface area (Å²) in [5.74, 6) is 0. The molecule has 1 fully saturated rings. The molecule has 0 radical (unpaired) electrons. The minimum atomic E-state index is 0.558. The van der Waals surface area contributed by atoms with Crippen LogP contribution in [0.3, 0.4) is 0 Å². The van der Waals surface area contributed by atoms with E-state index in [9.17, 15) is 0 Å². The molecule has 0 bridgehead atoms. The molecule has 0 unspecified atom stereocenters. The molecule has 0 aliphatic carbocycles. The van der Waals surface area contributed by atoms with Crippen LogP contribution in [0.4, 0.5) is 0 Å². The fourth-order valence-electron chi connectivity index (χ4n) is 1.94. The Morgan fingerprint density at radius 1 is 1.47 bits per heavy atom. The second kappa shape index (κ2) is 4.95. The molecular weight excluding hydrogens is 272 g/mol. The maximum atomic E-state index is 3.60. The lowest BCUT2D eigenvalue weighted by Gasteiger charge is -2.32. The third kappa shape index (κ3) is 2.61. The van der Waals surface area contributed by atoms with Crippen molar-refractivity contribution in [2.24, 2.45) is 0 Å². The fraction of sp³-hybridized carbons (Fsp3) is 0.636. The molecule has 1 aromatic rings. The Balaban J connectivity index is 2.08. The molecule has 0 amide bonds. The van der Waals surface area contributed by atoms with Gasteiger partial charge in [-0.1, -0.05) is 0 Å². The summed E-state index contributed by atoms with van der Waals surface area (Å²) in [6, 6.07) is 2.86. The second-order valence-electron chi connectivity index (χ2n) is 4.07. The van der Waals surface area contributed by atoms with Crippen LogP contribution < -0.4 is 5.32 Å². The van der Waals surface area contributed by atoms with E-state index in [0.29, 0.717) is 6.04 Å². The van der Waals surface area contributed by atoms with Crippen molar-refractivity contribution in [3.8, 4) is 0 Å². The molecule has 1 N–H and O–H groups in total. The van der Waals surface area contributed by atoms with Gasteiger partial charge < -0.3 is 5.32 Å². The first kappa shape index (κ1) is 11.6. The van der Waals surface area contributed by atoms with E-state index < -0.39 is 0 Å². The zero-order valence-corrected chi connectivity index (χ0v) is 11.6. The van der Waals surface area contributed by atoms with E-state index in [2.05, 4.69) is 46.1 Å². The molecule has 1 aromatic heterocycles. The topological polar surface area (TPSA) is 15.3 Å². The van der Waals surface area contributed by atoms with Crippen molar-refractivity contribution in [2.45, 2.75) is 19.9 Å². The van der Waals surface area contributed by atoms with Gasteiger partial charge in [-0.3, -0.25) is 4.90 Å². The van der Waals surface area contributed by atoms with Gasteiger partial charge in [-0.15, -0.1) is 11.3 Å². The minimum Gasteiger partial charge on any atom is -0.314 e. The number of nitrogens with one attached hydrogen (secondary N) is 1. The predicted molar refractivity (Wildman–Crippen MR) is 69.6 cm³/mol. The lowest BCUT2D eigenvalue weighted by Crippen LogP contribution is -2.44. The van der Waals surface area contributed by atoms with Crippen LogP contribution in [0.15, 0.2) is 9.85 Å². The SMILES string of the molecule is Cc1cc([C@H](C)N2CCNCC2)sc1Br. The van der Waals surface area contributed by atoms with Crippen LogP contribution in [0.1, 0.15) is 23.4 Å². The summed E-state index contributed by atoms with van der Waals surface area (Å²) in [7, 11) is 0. The molecule has 15 heavy (non-hydrogen) atoms. The highest BCUT2D eigenvalue weighted by atomic mass is 79.9.